The van der Waals surface area contributed by atoms with Gasteiger partial charge in [-0.2, -0.15) is 0 Å². The summed E-state index contributed by atoms with van der Waals surface area (Å²) in [4.78, 5) is 41.4. The first kappa shape index (κ1) is 27.9. The predicted octanol–water partition coefficient (Wildman–Crippen LogP) is 4.51. The molecule has 1 saturated carbocycles. The molecule has 1 aromatic rings. The van der Waals surface area contributed by atoms with Crippen molar-refractivity contribution in [1.29, 1.82) is 0 Å². The van der Waals surface area contributed by atoms with Crippen molar-refractivity contribution in [3.05, 3.63) is 30.3 Å². The van der Waals surface area contributed by atoms with Crippen LogP contribution < -0.4 is 4.46 Å². The van der Waals surface area contributed by atoms with Gasteiger partial charge in [0, 0.05) is 0 Å². The Morgan fingerprint density at radius 1 is 1.03 bits per heavy atom. The van der Waals surface area contributed by atoms with E-state index in [9.17, 15) is 14.4 Å². The quantitative estimate of drug-likeness (QED) is 0.293. The van der Waals surface area contributed by atoms with Gasteiger partial charge in [-0.1, -0.05) is 0 Å². The molecule has 4 fully saturated rings. The molecule has 3 saturated heterocycles. The standard InChI is InChI=1S/C31H42O6Se/c1-18-11-10-12-21-16-23(25(32)35-6)20(3)17-31(21)27-29(4,28(34)37-31)26(33)30(5,24(36-27)19(2)15-18)38-22-13-8-7-9-14-22/h7-9,13-14,18-21,23-24,27H,10-12,15-17H2,1-6H3/t18-,19-,20+,21+,23+,24-,27-,29+,30-,31+/m1/s1. The Morgan fingerprint density at radius 3 is 2.42 bits per heavy atom. The normalized spacial score (nSPS) is 44.9. The first-order valence-corrected chi connectivity index (χ1v) is 15.9. The van der Waals surface area contributed by atoms with Gasteiger partial charge >= 0.3 is 233 Å². The summed E-state index contributed by atoms with van der Waals surface area (Å²) in [6.07, 6.45) is 4.00. The van der Waals surface area contributed by atoms with Gasteiger partial charge in [-0.15, -0.1) is 0 Å². The molecule has 3 heterocycles. The van der Waals surface area contributed by atoms with Crippen LogP contribution in [0, 0.1) is 35.0 Å². The molecule has 0 radical (unpaired) electrons. The van der Waals surface area contributed by atoms with Crippen molar-refractivity contribution in [2.24, 2.45) is 35.0 Å². The molecule has 6 nitrogen and oxygen atoms in total. The molecule has 5 rings (SSSR count). The SMILES string of the molecule is COC(=O)[C@H]1C[C@@H]2CCC[C@@H](C)C[C@@H](C)[C@H]3O[C@@H]4[C@@](C)(C(=O)O[C@@]24C[C@@H]1C)C(=O)[C@]3(C)[Se]c1ccccc1. The average Bonchev–Trinajstić information content (AvgIpc) is 3.08. The van der Waals surface area contributed by atoms with E-state index in [1.165, 1.54) is 7.11 Å². The number of rotatable bonds is 3. The number of Topliss-reactive ketones (excluding diaryl/α,β-unsaturated/α-hetero) is 1. The van der Waals surface area contributed by atoms with Gasteiger partial charge < -0.3 is 0 Å². The van der Waals surface area contributed by atoms with E-state index in [2.05, 4.69) is 26.0 Å². The summed E-state index contributed by atoms with van der Waals surface area (Å²) in [6.45, 7) is 10.3. The number of carbonyl (C=O) groups excluding carboxylic acids is 3. The fraction of sp³-hybridized carbons (Fsp3) is 0.710. The summed E-state index contributed by atoms with van der Waals surface area (Å²) in [5.41, 5.74) is -2.27. The van der Waals surface area contributed by atoms with Gasteiger partial charge in [-0.25, -0.2) is 0 Å². The predicted molar refractivity (Wildman–Crippen MR) is 145 cm³/mol. The third kappa shape index (κ3) is 4.19. The van der Waals surface area contributed by atoms with Crippen LogP contribution in [0.15, 0.2) is 30.3 Å². The molecule has 0 aromatic heterocycles. The maximum atomic E-state index is 14.8. The molecule has 208 valence electrons. The minimum absolute atomic E-state index is 0.0303. The van der Waals surface area contributed by atoms with Crippen LogP contribution in [0.1, 0.15) is 73.1 Å². The van der Waals surface area contributed by atoms with E-state index in [1.54, 1.807) is 6.92 Å². The summed E-state index contributed by atoms with van der Waals surface area (Å²) in [5, 5.41) is 0. The Kier molecular flexibility index (Phi) is 7.37. The topological polar surface area (TPSA) is 78.9 Å². The van der Waals surface area contributed by atoms with Crippen LogP contribution in [0.2, 0.25) is 4.31 Å². The van der Waals surface area contributed by atoms with Gasteiger partial charge in [0.05, 0.1) is 0 Å². The molecule has 0 unspecified atom stereocenters. The number of ketones is 1. The van der Waals surface area contributed by atoms with E-state index in [1.807, 2.05) is 32.0 Å². The molecule has 0 amide bonds. The molecule has 1 aromatic carbocycles. The summed E-state index contributed by atoms with van der Waals surface area (Å²) in [5.74, 6) is -0.393. The number of fused-ring (bicyclic) bond motifs is 1. The summed E-state index contributed by atoms with van der Waals surface area (Å²) < 4.78 is 19.1. The second-order valence-corrected chi connectivity index (χ2v) is 16.0. The fourth-order valence-electron chi connectivity index (χ4n) is 8.25. The second-order valence-electron chi connectivity index (χ2n) is 12.8. The maximum absolute atomic E-state index is 14.8. The fourth-order valence-corrected chi connectivity index (χ4v) is 11.4. The number of carbonyl (C=O) groups is 3. The Morgan fingerprint density at radius 2 is 1.74 bits per heavy atom. The average molecular weight is 590 g/mol. The Labute approximate surface area is 233 Å². The van der Waals surface area contributed by atoms with E-state index in [0.29, 0.717) is 18.8 Å². The third-order valence-electron chi connectivity index (χ3n) is 10.1. The van der Waals surface area contributed by atoms with Gasteiger partial charge in [-0.3, -0.25) is 0 Å². The van der Waals surface area contributed by atoms with E-state index in [-0.39, 0.29) is 56.5 Å². The van der Waals surface area contributed by atoms with Gasteiger partial charge in [0.1, 0.15) is 0 Å². The second kappa shape index (κ2) is 10.1. The van der Waals surface area contributed by atoms with Crippen molar-refractivity contribution in [3.63, 3.8) is 0 Å². The molecule has 10 atom stereocenters. The molecule has 4 aliphatic rings. The van der Waals surface area contributed by atoms with Gasteiger partial charge in [0.15, 0.2) is 0 Å². The molecule has 1 spiro atoms. The zero-order chi connectivity index (χ0) is 27.5. The number of benzene rings is 1. The van der Waals surface area contributed by atoms with Crippen molar-refractivity contribution < 1.29 is 28.6 Å². The number of methoxy groups -OCH3 is 1. The number of hydrogen-bond donors (Lipinski definition) is 0. The van der Waals surface area contributed by atoms with Crippen LogP contribution in [0.25, 0.3) is 0 Å². The minimum atomic E-state index is -1.36. The van der Waals surface area contributed by atoms with E-state index >= 15 is 0 Å². The van der Waals surface area contributed by atoms with Crippen LogP contribution in [0.5, 0.6) is 0 Å². The summed E-state index contributed by atoms with van der Waals surface area (Å²) in [6, 6.07) is 10.1. The summed E-state index contributed by atoms with van der Waals surface area (Å²) in [7, 11) is 1.44. The Hall–Kier alpha value is -1.69. The van der Waals surface area contributed by atoms with Crippen LogP contribution in [0.4, 0.5) is 0 Å². The van der Waals surface area contributed by atoms with Crippen LogP contribution in [0.3, 0.4) is 0 Å². The number of esters is 2. The van der Waals surface area contributed by atoms with E-state index in [4.69, 9.17) is 14.2 Å². The third-order valence-corrected chi connectivity index (χ3v) is 12.9. The molecule has 3 aliphatic heterocycles. The van der Waals surface area contributed by atoms with Crippen LogP contribution in [-0.2, 0) is 28.6 Å². The van der Waals surface area contributed by atoms with E-state index in [0.717, 1.165) is 30.1 Å². The molecular formula is C31H42O6Se. The van der Waals surface area contributed by atoms with Gasteiger partial charge in [0.2, 0.25) is 0 Å². The Balaban J connectivity index is 1.63. The van der Waals surface area contributed by atoms with Crippen molar-refractivity contribution in [3.8, 4) is 0 Å². The first-order valence-electron chi connectivity index (χ1n) is 14.2. The van der Waals surface area contributed by atoms with Gasteiger partial charge in [0.25, 0.3) is 0 Å². The van der Waals surface area contributed by atoms with Crippen molar-refractivity contribution in [2.75, 3.05) is 7.11 Å². The molecule has 1 aliphatic carbocycles. The van der Waals surface area contributed by atoms with Crippen molar-refractivity contribution in [1.82, 2.24) is 0 Å². The van der Waals surface area contributed by atoms with Crippen molar-refractivity contribution in [2.45, 2.75) is 95.3 Å². The van der Waals surface area contributed by atoms with Gasteiger partial charge in [-0.05, 0) is 0 Å². The number of ether oxygens (including phenoxy) is 3. The zero-order valence-electron chi connectivity index (χ0n) is 23.5. The first-order chi connectivity index (χ1) is 18.0. The molecule has 38 heavy (non-hydrogen) atoms. The molecule has 0 N–H and O–H groups in total. The molecular weight excluding hydrogens is 547 g/mol. The van der Waals surface area contributed by atoms with Crippen LogP contribution >= 0.6 is 0 Å². The van der Waals surface area contributed by atoms with E-state index < -0.39 is 27.4 Å². The summed E-state index contributed by atoms with van der Waals surface area (Å²) >= 11 is -0.229. The monoisotopic (exact) mass is 590 g/mol. The number of hydrogen-bond acceptors (Lipinski definition) is 6. The van der Waals surface area contributed by atoms with Crippen LogP contribution in [-0.4, -0.2) is 57.6 Å². The molecule has 7 heteroatoms. The Bertz CT molecular complexity index is 1090. The zero-order valence-corrected chi connectivity index (χ0v) is 25.2. The molecule has 2 bridgehead atoms. The van der Waals surface area contributed by atoms with Crippen molar-refractivity contribution >= 4 is 37.1 Å².